The third-order valence-electron chi connectivity index (χ3n) is 13.4. The number of hydrogen-bond donors (Lipinski definition) is 0. The maximum absolute atomic E-state index is 7.14. The van der Waals surface area contributed by atoms with Gasteiger partial charge in [0.05, 0.1) is 11.0 Å². The van der Waals surface area contributed by atoms with Gasteiger partial charge in [-0.25, -0.2) is 15.0 Å². The van der Waals surface area contributed by atoms with Crippen LogP contribution < -0.4 is 0 Å². The number of furan rings is 2. The van der Waals surface area contributed by atoms with Gasteiger partial charge in [0.25, 0.3) is 0 Å². The van der Waals surface area contributed by atoms with Gasteiger partial charge in [-0.2, -0.15) is 0 Å². The SMILES string of the molecule is c1ccc2cc3c(cc2c1)oc1c(-n2c4ccccc4c4cc5ccccc5cc42)c(-c2nc(-c4ccc5c(c4)oc4ccccc45)nc(-c4ccc5c(c4)sc4ccccc45)n2)ccc13. The second kappa shape index (κ2) is 13.4. The molecular weight excluding hydrogens is 829 g/mol. The number of fused-ring (bicyclic) bond motifs is 14. The van der Waals surface area contributed by atoms with Crippen LogP contribution in [0.3, 0.4) is 0 Å². The van der Waals surface area contributed by atoms with Crippen molar-refractivity contribution in [2.75, 3.05) is 0 Å². The number of benzene rings is 10. The molecule has 5 heterocycles. The minimum atomic E-state index is 0.533. The summed E-state index contributed by atoms with van der Waals surface area (Å²) in [6.45, 7) is 0. The maximum atomic E-state index is 7.14. The summed E-state index contributed by atoms with van der Waals surface area (Å²) in [5.41, 5.74) is 8.74. The average molecular weight is 861 g/mol. The molecule has 5 aromatic heterocycles. The molecule has 0 saturated carbocycles. The Kier molecular flexibility index (Phi) is 7.28. The summed E-state index contributed by atoms with van der Waals surface area (Å²) < 4.78 is 18.4. The van der Waals surface area contributed by atoms with Crippen LogP contribution in [0.4, 0.5) is 0 Å². The fraction of sp³-hybridized carbons (Fsp3) is 0. The predicted octanol–water partition coefficient (Wildman–Crippen LogP) is 16.4. The zero-order valence-electron chi connectivity index (χ0n) is 35.0. The predicted molar refractivity (Wildman–Crippen MR) is 273 cm³/mol. The van der Waals surface area contributed by atoms with Crippen LogP contribution >= 0.6 is 11.3 Å². The molecule has 7 heteroatoms. The van der Waals surface area contributed by atoms with Crippen LogP contribution in [0.2, 0.25) is 0 Å². The molecule has 0 unspecified atom stereocenters. The number of para-hydroxylation sites is 2. The lowest BCUT2D eigenvalue weighted by Gasteiger charge is -2.15. The molecule has 0 radical (unpaired) electrons. The van der Waals surface area contributed by atoms with E-state index in [1.165, 1.54) is 25.6 Å². The van der Waals surface area contributed by atoms with Crippen molar-refractivity contribution in [3.8, 4) is 39.9 Å². The van der Waals surface area contributed by atoms with Gasteiger partial charge in [-0.1, -0.05) is 121 Å². The standard InChI is InChI=1S/C59H32N4O2S/c1-3-13-35-29-49-46(27-33(35)11-1)39-15-5-8-18-48(39)63(49)55-45(26-25-44-47-28-34-12-2-4-14-36(34)30-52(47)65-56(44)55)59-61-57(37-21-23-41-40-16-6-9-19-50(40)64-51(41)31-37)60-58(62-59)38-22-24-43-42-17-7-10-20-53(42)66-54(43)32-38/h1-32H. The van der Waals surface area contributed by atoms with Gasteiger partial charge in [0.1, 0.15) is 22.4 Å². The minimum absolute atomic E-state index is 0.533. The highest BCUT2D eigenvalue weighted by atomic mass is 32.1. The molecule has 0 N–H and O–H groups in total. The van der Waals surface area contributed by atoms with Gasteiger partial charge in [-0.15, -0.1) is 11.3 Å². The Hall–Kier alpha value is -8.65. The molecule has 0 aliphatic rings. The quantitative estimate of drug-likeness (QED) is 0.176. The van der Waals surface area contributed by atoms with Gasteiger partial charge >= 0.3 is 0 Å². The van der Waals surface area contributed by atoms with E-state index in [-0.39, 0.29) is 0 Å². The van der Waals surface area contributed by atoms with Crippen molar-refractivity contribution in [1.29, 1.82) is 0 Å². The summed E-state index contributed by atoms with van der Waals surface area (Å²) in [6, 6.07) is 68.6. The van der Waals surface area contributed by atoms with Crippen LogP contribution in [0.5, 0.6) is 0 Å². The summed E-state index contributed by atoms with van der Waals surface area (Å²) in [6.07, 6.45) is 0. The first-order valence-electron chi connectivity index (χ1n) is 22.1. The first-order valence-corrected chi connectivity index (χ1v) is 22.9. The Morgan fingerprint density at radius 2 is 0.924 bits per heavy atom. The van der Waals surface area contributed by atoms with Gasteiger partial charge in [-0.05, 0) is 94.3 Å². The van der Waals surface area contributed by atoms with Gasteiger partial charge in [-0.3, -0.25) is 0 Å². The van der Waals surface area contributed by atoms with E-state index in [4.69, 9.17) is 23.8 Å². The first kappa shape index (κ1) is 35.8. The van der Waals surface area contributed by atoms with E-state index >= 15 is 0 Å². The molecule has 306 valence electrons. The topological polar surface area (TPSA) is 69.9 Å². The second-order valence-corrected chi connectivity index (χ2v) is 18.2. The van der Waals surface area contributed by atoms with Crippen LogP contribution in [-0.4, -0.2) is 19.5 Å². The Balaban J connectivity index is 1.06. The number of thiophene rings is 1. The Labute approximate surface area is 379 Å². The molecule has 0 atom stereocenters. The molecule has 0 bridgehead atoms. The average Bonchev–Trinajstić information content (AvgIpc) is 4.12. The Bertz CT molecular complexity index is 4420. The van der Waals surface area contributed by atoms with Crippen molar-refractivity contribution in [3.63, 3.8) is 0 Å². The van der Waals surface area contributed by atoms with Crippen LogP contribution in [0.15, 0.2) is 203 Å². The summed E-state index contributed by atoms with van der Waals surface area (Å²) in [5.74, 6) is 1.66. The number of rotatable bonds is 4. The van der Waals surface area contributed by atoms with Crippen molar-refractivity contribution in [3.05, 3.63) is 194 Å². The van der Waals surface area contributed by atoms with Gasteiger partial charge in [0.2, 0.25) is 0 Å². The molecule has 0 aliphatic heterocycles. The molecule has 0 saturated heterocycles. The van der Waals surface area contributed by atoms with Crippen LogP contribution in [0.25, 0.3) is 147 Å². The molecule has 0 spiro atoms. The zero-order chi connectivity index (χ0) is 43.0. The van der Waals surface area contributed by atoms with Crippen molar-refractivity contribution < 1.29 is 8.83 Å². The third-order valence-corrected chi connectivity index (χ3v) is 14.5. The Morgan fingerprint density at radius 1 is 0.348 bits per heavy atom. The van der Waals surface area contributed by atoms with E-state index in [2.05, 4.69) is 180 Å². The van der Waals surface area contributed by atoms with E-state index in [1.807, 2.05) is 18.2 Å². The Morgan fingerprint density at radius 3 is 1.74 bits per heavy atom. The monoisotopic (exact) mass is 860 g/mol. The lowest BCUT2D eigenvalue weighted by molar-refractivity contribution is 0.667. The van der Waals surface area contributed by atoms with E-state index < -0.39 is 0 Å². The smallest absolute Gasteiger partial charge is 0.166 e. The van der Waals surface area contributed by atoms with Crippen molar-refractivity contribution >= 4 is 119 Å². The van der Waals surface area contributed by atoms with Crippen LogP contribution in [0, 0.1) is 0 Å². The van der Waals surface area contributed by atoms with Crippen LogP contribution in [0.1, 0.15) is 0 Å². The highest BCUT2D eigenvalue weighted by molar-refractivity contribution is 7.25. The molecular formula is C59H32N4O2S. The lowest BCUT2D eigenvalue weighted by Crippen LogP contribution is -2.04. The van der Waals surface area contributed by atoms with E-state index in [1.54, 1.807) is 11.3 Å². The third kappa shape index (κ3) is 5.20. The maximum Gasteiger partial charge on any atom is 0.166 e. The van der Waals surface area contributed by atoms with Gasteiger partial charge in [0.15, 0.2) is 23.1 Å². The lowest BCUT2D eigenvalue weighted by atomic mass is 10.0. The highest BCUT2D eigenvalue weighted by Gasteiger charge is 2.25. The van der Waals surface area contributed by atoms with Crippen molar-refractivity contribution in [2.24, 2.45) is 0 Å². The summed E-state index contributed by atoms with van der Waals surface area (Å²) >= 11 is 1.78. The fourth-order valence-corrected chi connectivity index (χ4v) is 11.4. The van der Waals surface area contributed by atoms with Crippen LogP contribution in [-0.2, 0) is 0 Å². The van der Waals surface area contributed by atoms with E-state index in [9.17, 15) is 0 Å². The van der Waals surface area contributed by atoms with Crippen molar-refractivity contribution in [1.82, 2.24) is 19.5 Å². The van der Waals surface area contributed by atoms with E-state index in [0.717, 1.165) is 104 Å². The molecule has 0 aliphatic carbocycles. The van der Waals surface area contributed by atoms with E-state index in [0.29, 0.717) is 17.5 Å². The minimum Gasteiger partial charge on any atom is -0.456 e. The normalized spacial score (nSPS) is 12.2. The molecule has 0 fully saturated rings. The first-order chi connectivity index (χ1) is 32.7. The number of hydrogen-bond acceptors (Lipinski definition) is 6. The van der Waals surface area contributed by atoms with Crippen molar-refractivity contribution in [2.45, 2.75) is 0 Å². The number of aromatic nitrogens is 4. The highest BCUT2D eigenvalue weighted by Crippen LogP contribution is 2.45. The molecule has 15 rings (SSSR count). The van der Waals surface area contributed by atoms with Gasteiger partial charge in [0, 0.05) is 69.2 Å². The van der Waals surface area contributed by atoms with Gasteiger partial charge < -0.3 is 13.4 Å². The molecule has 6 nitrogen and oxygen atoms in total. The summed E-state index contributed by atoms with van der Waals surface area (Å²) in [5, 5.41) is 13.6. The zero-order valence-corrected chi connectivity index (χ0v) is 35.8. The molecule has 66 heavy (non-hydrogen) atoms. The molecule has 10 aromatic carbocycles. The largest absolute Gasteiger partial charge is 0.456 e. The molecule has 0 amide bonds. The summed E-state index contributed by atoms with van der Waals surface area (Å²) in [4.78, 5) is 16.2. The number of nitrogens with zero attached hydrogens (tertiary/aromatic N) is 4. The second-order valence-electron chi connectivity index (χ2n) is 17.1. The molecule has 15 aromatic rings. The summed E-state index contributed by atoms with van der Waals surface area (Å²) in [7, 11) is 0. The fourth-order valence-electron chi connectivity index (χ4n) is 10.3.